The van der Waals surface area contributed by atoms with Crippen LogP contribution in [0.3, 0.4) is 0 Å². The molecule has 2 aromatic rings. The Bertz CT molecular complexity index is 821. The van der Waals surface area contributed by atoms with E-state index in [1.807, 2.05) is 0 Å². The largest absolute Gasteiger partial charge is 0.484 e. The third kappa shape index (κ3) is 3.82. The summed E-state index contributed by atoms with van der Waals surface area (Å²) in [5, 5.41) is 12.9. The zero-order valence-corrected chi connectivity index (χ0v) is 15.6. The van der Waals surface area contributed by atoms with Crippen LogP contribution in [-0.2, 0) is 11.4 Å². The van der Waals surface area contributed by atoms with E-state index in [9.17, 15) is 14.7 Å². The van der Waals surface area contributed by atoms with Gasteiger partial charge in [-0.3, -0.25) is 4.79 Å². The van der Waals surface area contributed by atoms with Gasteiger partial charge in [0.25, 0.3) is 11.8 Å². The number of nitrogens with zero attached hydrogens (tertiary/aromatic N) is 2. The van der Waals surface area contributed by atoms with E-state index in [1.165, 1.54) is 12.0 Å². The lowest BCUT2D eigenvalue weighted by Crippen LogP contribution is -2.40. The zero-order valence-electron chi connectivity index (χ0n) is 14.0. The van der Waals surface area contributed by atoms with Crippen LogP contribution in [-0.4, -0.2) is 46.7 Å². The first kappa shape index (κ1) is 18.2. The van der Waals surface area contributed by atoms with Gasteiger partial charge in [-0.2, -0.15) is 0 Å². The minimum Gasteiger partial charge on any atom is -0.484 e. The number of carboxylic acids is 1. The van der Waals surface area contributed by atoms with Crippen molar-refractivity contribution in [3.05, 3.63) is 40.1 Å². The molecular weight excluding hydrogens is 408 g/mol. The SMILES string of the molecule is COc1cc(COc2ccc(C(=O)N3CCC[C@H]3C(=O)O)cc2Br)on1. The van der Waals surface area contributed by atoms with Crippen molar-refractivity contribution in [1.29, 1.82) is 0 Å². The predicted molar refractivity (Wildman–Crippen MR) is 93.2 cm³/mol. The summed E-state index contributed by atoms with van der Waals surface area (Å²) in [5.74, 6) is 0.102. The number of benzene rings is 1. The number of methoxy groups -OCH3 is 1. The first-order valence-electron chi connectivity index (χ1n) is 7.95. The van der Waals surface area contributed by atoms with E-state index >= 15 is 0 Å². The molecule has 2 heterocycles. The monoisotopic (exact) mass is 424 g/mol. The number of rotatable bonds is 6. The number of hydrogen-bond acceptors (Lipinski definition) is 6. The molecule has 0 bridgehead atoms. The number of aliphatic carboxylic acids is 1. The standard InChI is InChI=1S/C17H17BrN2O6/c1-24-15-8-11(26-19-15)9-25-14-5-4-10(7-12(14)18)16(21)20-6-2-3-13(20)17(22)23/h4-5,7-8,13H,2-3,6,9H2,1H3,(H,22,23)/t13-/m0/s1. The lowest BCUT2D eigenvalue weighted by Gasteiger charge is -2.21. The number of carbonyl (C=O) groups excluding carboxylic acids is 1. The molecule has 1 atom stereocenters. The molecule has 1 N–H and O–H groups in total. The van der Waals surface area contributed by atoms with Crippen molar-refractivity contribution >= 4 is 27.8 Å². The topological polar surface area (TPSA) is 102 Å². The van der Waals surface area contributed by atoms with Crippen molar-refractivity contribution in [2.24, 2.45) is 0 Å². The van der Waals surface area contributed by atoms with Crippen molar-refractivity contribution in [2.75, 3.05) is 13.7 Å². The molecule has 0 radical (unpaired) electrons. The Labute approximate surface area is 157 Å². The maximum atomic E-state index is 12.6. The van der Waals surface area contributed by atoms with E-state index in [1.54, 1.807) is 24.3 Å². The van der Waals surface area contributed by atoms with Crippen LogP contribution in [0.4, 0.5) is 0 Å². The van der Waals surface area contributed by atoms with Gasteiger partial charge in [-0.05, 0) is 52.1 Å². The minimum absolute atomic E-state index is 0.148. The first-order valence-corrected chi connectivity index (χ1v) is 8.74. The second-order valence-electron chi connectivity index (χ2n) is 5.76. The van der Waals surface area contributed by atoms with Gasteiger partial charge in [-0.1, -0.05) is 0 Å². The Balaban J connectivity index is 1.68. The number of amides is 1. The fourth-order valence-corrected chi connectivity index (χ4v) is 3.28. The molecule has 8 nitrogen and oxygen atoms in total. The van der Waals surface area contributed by atoms with Gasteiger partial charge in [-0.25, -0.2) is 4.79 Å². The summed E-state index contributed by atoms with van der Waals surface area (Å²) < 4.78 is 16.2. The van der Waals surface area contributed by atoms with Crippen molar-refractivity contribution < 1.29 is 28.7 Å². The highest BCUT2D eigenvalue weighted by Crippen LogP contribution is 2.29. The van der Waals surface area contributed by atoms with Crippen LogP contribution in [0.25, 0.3) is 0 Å². The van der Waals surface area contributed by atoms with Crippen molar-refractivity contribution in [3.8, 4) is 11.6 Å². The molecule has 0 unspecified atom stereocenters. The number of halogens is 1. The Hall–Kier alpha value is -2.55. The Kier molecular flexibility index (Phi) is 5.46. The molecule has 1 aromatic carbocycles. The summed E-state index contributed by atoms with van der Waals surface area (Å²) >= 11 is 3.38. The fraction of sp³-hybridized carbons (Fsp3) is 0.353. The third-order valence-electron chi connectivity index (χ3n) is 4.09. The van der Waals surface area contributed by atoms with Crippen molar-refractivity contribution in [3.63, 3.8) is 0 Å². The smallest absolute Gasteiger partial charge is 0.326 e. The van der Waals surface area contributed by atoms with E-state index in [-0.39, 0.29) is 12.5 Å². The number of carboxylic acid groups (broad SMARTS) is 1. The summed E-state index contributed by atoms with van der Waals surface area (Å²) in [5.41, 5.74) is 0.402. The highest BCUT2D eigenvalue weighted by atomic mass is 79.9. The van der Waals surface area contributed by atoms with Gasteiger partial charge >= 0.3 is 5.97 Å². The van der Waals surface area contributed by atoms with Gasteiger partial charge in [0.1, 0.15) is 18.4 Å². The van der Waals surface area contributed by atoms with Gasteiger partial charge in [0, 0.05) is 18.2 Å². The molecule has 1 saturated heterocycles. The van der Waals surface area contributed by atoms with Crippen LogP contribution < -0.4 is 9.47 Å². The van der Waals surface area contributed by atoms with E-state index in [4.69, 9.17) is 14.0 Å². The summed E-state index contributed by atoms with van der Waals surface area (Å²) in [6.07, 6.45) is 1.16. The number of likely N-dealkylation sites (tertiary alicyclic amines) is 1. The number of carbonyl (C=O) groups is 2. The summed E-state index contributed by atoms with van der Waals surface area (Å²) in [6.45, 7) is 0.592. The number of aromatic nitrogens is 1. The summed E-state index contributed by atoms with van der Waals surface area (Å²) in [4.78, 5) is 25.3. The van der Waals surface area contributed by atoms with E-state index < -0.39 is 12.0 Å². The lowest BCUT2D eigenvalue weighted by atomic mass is 10.1. The second-order valence-corrected chi connectivity index (χ2v) is 6.62. The molecule has 1 fully saturated rings. The number of hydrogen-bond donors (Lipinski definition) is 1. The Morgan fingerprint density at radius 1 is 1.42 bits per heavy atom. The number of ether oxygens (including phenoxy) is 2. The van der Waals surface area contributed by atoms with Crippen LogP contribution in [0.15, 0.2) is 33.3 Å². The van der Waals surface area contributed by atoms with Gasteiger partial charge < -0.3 is 24.0 Å². The van der Waals surface area contributed by atoms with Crippen LogP contribution in [0.5, 0.6) is 11.6 Å². The second kappa shape index (κ2) is 7.77. The third-order valence-corrected chi connectivity index (χ3v) is 4.71. The minimum atomic E-state index is -0.975. The Morgan fingerprint density at radius 2 is 2.23 bits per heavy atom. The molecule has 3 rings (SSSR count). The normalized spacial score (nSPS) is 16.5. The van der Waals surface area contributed by atoms with Gasteiger partial charge in [-0.15, -0.1) is 0 Å². The molecule has 9 heteroatoms. The zero-order chi connectivity index (χ0) is 18.7. The molecule has 0 saturated carbocycles. The summed E-state index contributed by atoms with van der Waals surface area (Å²) in [6, 6.07) is 5.73. The van der Waals surface area contributed by atoms with Crippen LogP contribution >= 0.6 is 15.9 Å². The predicted octanol–water partition coefficient (Wildman–Crippen LogP) is 2.71. The molecule has 26 heavy (non-hydrogen) atoms. The average Bonchev–Trinajstić information content (AvgIpc) is 3.29. The molecule has 0 spiro atoms. The summed E-state index contributed by atoms with van der Waals surface area (Å²) in [7, 11) is 1.49. The van der Waals surface area contributed by atoms with Crippen molar-refractivity contribution in [1.82, 2.24) is 10.1 Å². The molecule has 1 aromatic heterocycles. The van der Waals surface area contributed by atoms with Gasteiger partial charge in [0.2, 0.25) is 0 Å². The molecule has 1 amide bonds. The van der Waals surface area contributed by atoms with Crippen LogP contribution in [0.1, 0.15) is 29.0 Å². The molecule has 1 aliphatic heterocycles. The molecular formula is C17H17BrN2O6. The maximum Gasteiger partial charge on any atom is 0.326 e. The molecule has 1 aliphatic rings. The van der Waals surface area contributed by atoms with E-state index in [0.29, 0.717) is 46.8 Å². The van der Waals surface area contributed by atoms with E-state index in [0.717, 1.165) is 0 Å². The molecule has 0 aliphatic carbocycles. The van der Waals surface area contributed by atoms with Crippen LogP contribution in [0.2, 0.25) is 0 Å². The van der Waals surface area contributed by atoms with Gasteiger partial charge in [0.05, 0.1) is 11.6 Å². The molecule has 138 valence electrons. The average molecular weight is 425 g/mol. The van der Waals surface area contributed by atoms with E-state index in [2.05, 4.69) is 21.1 Å². The first-order chi connectivity index (χ1) is 12.5. The highest BCUT2D eigenvalue weighted by Gasteiger charge is 2.34. The quantitative estimate of drug-likeness (QED) is 0.759. The highest BCUT2D eigenvalue weighted by molar-refractivity contribution is 9.10. The van der Waals surface area contributed by atoms with Gasteiger partial charge in [0.15, 0.2) is 5.76 Å². The maximum absolute atomic E-state index is 12.6. The van der Waals surface area contributed by atoms with Crippen molar-refractivity contribution in [2.45, 2.75) is 25.5 Å². The lowest BCUT2D eigenvalue weighted by molar-refractivity contribution is -0.141. The van der Waals surface area contributed by atoms with Crippen LogP contribution in [0, 0.1) is 0 Å². The Morgan fingerprint density at radius 3 is 2.88 bits per heavy atom. The fourth-order valence-electron chi connectivity index (χ4n) is 2.79.